The van der Waals surface area contributed by atoms with Crippen LogP contribution < -0.4 is 10.2 Å². The number of hydrogen-bond acceptors (Lipinski definition) is 4. The molecule has 0 saturated carbocycles. The third-order valence-electron chi connectivity index (χ3n) is 4.13. The molecule has 8 heteroatoms. The van der Waals surface area contributed by atoms with Gasteiger partial charge in [0.25, 0.3) is 0 Å². The number of rotatable bonds is 5. The summed E-state index contributed by atoms with van der Waals surface area (Å²) in [5.41, 5.74) is 0.480. The Morgan fingerprint density at radius 2 is 1.84 bits per heavy atom. The lowest BCUT2D eigenvalue weighted by Crippen LogP contribution is -2.50. The number of anilines is 1. The van der Waals surface area contributed by atoms with Crippen LogP contribution in [0.25, 0.3) is 0 Å². The fraction of sp³-hybridized carbons (Fsp3) is 0.588. The zero-order valence-corrected chi connectivity index (χ0v) is 16.5. The Balaban J connectivity index is 1.85. The van der Waals surface area contributed by atoms with Gasteiger partial charge in [0.1, 0.15) is 0 Å². The number of hydrogen-bond donors (Lipinski definition) is 1. The number of nitrogens with zero attached hydrogens (tertiary/aromatic N) is 2. The summed E-state index contributed by atoms with van der Waals surface area (Å²) >= 11 is 6.01. The van der Waals surface area contributed by atoms with E-state index in [-0.39, 0.29) is 18.2 Å². The van der Waals surface area contributed by atoms with Gasteiger partial charge in [0.15, 0.2) is 0 Å². The maximum atomic E-state index is 12.4. The summed E-state index contributed by atoms with van der Waals surface area (Å²) in [7, 11) is -3.37. The molecule has 0 bridgehead atoms. The molecule has 1 fully saturated rings. The van der Waals surface area contributed by atoms with Crippen molar-refractivity contribution in [2.75, 3.05) is 43.4 Å². The SMILES string of the molecule is CC(C)(C)C(=O)NCCS(=O)(=O)N1CCN(c2cccc(Cl)c2)CC1. The molecule has 140 valence electrons. The molecule has 1 amide bonds. The molecular formula is C17H26ClN3O3S. The molecule has 0 radical (unpaired) electrons. The average Bonchev–Trinajstić information content (AvgIpc) is 2.54. The number of sulfonamides is 1. The largest absolute Gasteiger partial charge is 0.369 e. The van der Waals surface area contributed by atoms with E-state index < -0.39 is 15.4 Å². The second kappa shape index (κ2) is 7.93. The molecule has 6 nitrogen and oxygen atoms in total. The van der Waals surface area contributed by atoms with E-state index in [0.29, 0.717) is 31.2 Å². The van der Waals surface area contributed by atoms with Gasteiger partial charge in [-0.1, -0.05) is 38.4 Å². The van der Waals surface area contributed by atoms with Crippen LogP contribution in [0.2, 0.25) is 5.02 Å². The third-order valence-corrected chi connectivity index (χ3v) is 6.24. The Labute approximate surface area is 155 Å². The lowest BCUT2D eigenvalue weighted by molar-refractivity contribution is -0.128. The molecule has 1 heterocycles. The number of nitrogens with one attached hydrogen (secondary N) is 1. The summed E-state index contributed by atoms with van der Waals surface area (Å²) in [6.45, 7) is 7.63. The van der Waals surface area contributed by atoms with Gasteiger partial charge in [-0.2, -0.15) is 4.31 Å². The standard InChI is InChI=1S/C17H26ClN3O3S/c1-17(2,3)16(22)19-7-12-25(23,24)21-10-8-20(9-11-21)15-6-4-5-14(18)13-15/h4-6,13H,7-12H2,1-3H3,(H,19,22). The van der Waals surface area contributed by atoms with E-state index in [4.69, 9.17) is 11.6 Å². The van der Waals surface area contributed by atoms with Gasteiger partial charge in [0, 0.05) is 48.8 Å². The van der Waals surface area contributed by atoms with E-state index in [0.717, 1.165) is 5.69 Å². The predicted molar refractivity (Wildman–Crippen MR) is 101 cm³/mol. The molecule has 0 aromatic heterocycles. The summed E-state index contributed by atoms with van der Waals surface area (Å²) in [6.07, 6.45) is 0. The van der Waals surface area contributed by atoms with E-state index in [1.807, 2.05) is 24.3 Å². The van der Waals surface area contributed by atoms with Gasteiger partial charge in [-0.05, 0) is 18.2 Å². The molecule has 25 heavy (non-hydrogen) atoms. The van der Waals surface area contributed by atoms with Crippen LogP contribution in [0.15, 0.2) is 24.3 Å². The molecule has 0 unspecified atom stereocenters. The van der Waals surface area contributed by atoms with E-state index in [1.165, 1.54) is 4.31 Å². The molecule has 1 aromatic rings. The normalized spacial score (nSPS) is 16.7. The highest BCUT2D eigenvalue weighted by Gasteiger charge is 2.27. The van der Waals surface area contributed by atoms with Crippen molar-refractivity contribution >= 4 is 33.2 Å². The Morgan fingerprint density at radius 3 is 2.40 bits per heavy atom. The number of benzene rings is 1. The first kappa shape index (κ1) is 20.0. The smallest absolute Gasteiger partial charge is 0.225 e. The predicted octanol–water partition coefficient (Wildman–Crippen LogP) is 1.95. The van der Waals surface area contributed by atoms with Crippen LogP contribution in [0.5, 0.6) is 0 Å². The van der Waals surface area contributed by atoms with Crippen molar-refractivity contribution in [1.29, 1.82) is 0 Å². The zero-order valence-electron chi connectivity index (χ0n) is 15.0. The average molecular weight is 388 g/mol. The Bertz CT molecular complexity index is 708. The van der Waals surface area contributed by atoms with Gasteiger partial charge in [0.2, 0.25) is 15.9 Å². The van der Waals surface area contributed by atoms with Gasteiger partial charge < -0.3 is 10.2 Å². The highest BCUT2D eigenvalue weighted by molar-refractivity contribution is 7.89. The first-order chi connectivity index (χ1) is 11.6. The van der Waals surface area contributed by atoms with Gasteiger partial charge >= 0.3 is 0 Å². The van der Waals surface area contributed by atoms with Gasteiger partial charge in [-0.25, -0.2) is 8.42 Å². The van der Waals surface area contributed by atoms with Crippen LogP contribution in [-0.2, 0) is 14.8 Å². The summed E-state index contributed by atoms with van der Waals surface area (Å²) in [6, 6.07) is 7.56. The lowest BCUT2D eigenvalue weighted by Gasteiger charge is -2.35. The van der Waals surface area contributed by atoms with Crippen molar-refractivity contribution in [1.82, 2.24) is 9.62 Å². The summed E-state index contributed by atoms with van der Waals surface area (Å²) in [5.74, 6) is -0.222. The van der Waals surface area contributed by atoms with E-state index in [2.05, 4.69) is 10.2 Å². The maximum Gasteiger partial charge on any atom is 0.225 e. The third kappa shape index (κ3) is 5.59. The molecule has 1 N–H and O–H groups in total. The van der Waals surface area contributed by atoms with Gasteiger partial charge in [0.05, 0.1) is 5.75 Å². The van der Waals surface area contributed by atoms with Crippen molar-refractivity contribution in [3.05, 3.63) is 29.3 Å². The van der Waals surface area contributed by atoms with Crippen LogP contribution in [0.3, 0.4) is 0 Å². The molecular weight excluding hydrogens is 362 g/mol. The Hall–Kier alpha value is -1.31. The Kier molecular flexibility index (Phi) is 6.35. The lowest BCUT2D eigenvalue weighted by atomic mass is 9.96. The molecule has 0 atom stereocenters. The molecule has 1 aliphatic heterocycles. The van der Waals surface area contributed by atoms with Crippen molar-refractivity contribution < 1.29 is 13.2 Å². The maximum absolute atomic E-state index is 12.4. The van der Waals surface area contributed by atoms with Crippen LogP contribution >= 0.6 is 11.6 Å². The van der Waals surface area contributed by atoms with E-state index in [1.54, 1.807) is 20.8 Å². The summed E-state index contributed by atoms with van der Waals surface area (Å²) < 4.78 is 26.4. The Morgan fingerprint density at radius 1 is 1.20 bits per heavy atom. The highest BCUT2D eigenvalue weighted by Crippen LogP contribution is 2.21. The summed E-state index contributed by atoms with van der Waals surface area (Å²) in [5, 5.41) is 3.36. The zero-order chi connectivity index (χ0) is 18.7. The summed E-state index contributed by atoms with van der Waals surface area (Å²) in [4.78, 5) is 13.9. The first-order valence-electron chi connectivity index (χ1n) is 8.36. The fourth-order valence-corrected chi connectivity index (χ4v) is 4.11. The van der Waals surface area contributed by atoms with Crippen LogP contribution in [0.4, 0.5) is 5.69 Å². The van der Waals surface area contributed by atoms with Crippen molar-refractivity contribution in [2.24, 2.45) is 5.41 Å². The fourth-order valence-electron chi connectivity index (χ4n) is 2.59. The van der Waals surface area contributed by atoms with Crippen molar-refractivity contribution in [2.45, 2.75) is 20.8 Å². The van der Waals surface area contributed by atoms with Crippen LogP contribution in [0.1, 0.15) is 20.8 Å². The number of amides is 1. The van der Waals surface area contributed by atoms with Gasteiger partial charge in [-0.3, -0.25) is 4.79 Å². The number of carbonyl (C=O) groups is 1. The first-order valence-corrected chi connectivity index (χ1v) is 10.3. The van der Waals surface area contributed by atoms with E-state index >= 15 is 0 Å². The van der Waals surface area contributed by atoms with E-state index in [9.17, 15) is 13.2 Å². The monoisotopic (exact) mass is 387 g/mol. The quantitative estimate of drug-likeness (QED) is 0.838. The van der Waals surface area contributed by atoms with Crippen molar-refractivity contribution in [3.8, 4) is 0 Å². The number of piperazine rings is 1. The number of halogens is 1. The molecule has 1 aliphatic rings. The highest BCUT2D eigenvalue weighted by atomic mass is 35.5. The minimum absolute atomic E-state index is 0.0774. The van der Waals surface area contributed by atoms with Crippen LogP contribution in [-0.4, -0.2) is 57.1 Å². The van der Waals surface area contributed by atoms with Crippen molar-refractivity contribution in [3.63, 3.8) is 0 Å². The van der Waals surface area contributed by atoms with Crippen LogP contribution in [0, 0.1) is 5.41 Å². The number of carbonyl (C=O) groups excluding carboxylic acids is 1. The minimum atomic E-state index is -3.37. The topological polar surface area (TPSA) is 69.7 Å². The minimum Gasteiger partial charge on any atom is -0.369 e. The molecule has 1 aromatic carbocycles. The van der Waals surface area contributed by atoms with Gasteiger partial charge in [-0.15, -0.1) is 0 Å². The molecule has 1 saturated heterocycles. The second-order valence-electron chi connectivity index (χ2n) is 7.19. The molecule has 0 spiro atoms. The second-order valence-corrected chi connectivity index (χ2v) is 9.71. The molecule has 2 rings (SSSR count). The molecule has 0 aliphatic carbocycles.